The third kappa shape index (κ3) is 4.57. The van der Waals surface area contributed by atoms with E-state index in [9.17, 15) is 10.1 Å². The van der Waals surface area contributed by atoms with Crippen molar-refractivity contribution in [2.24, 2.45) is 0 Å². The molecule has 5 nitrogen and oxygen atoms in total. The second-order valence-corrected chi connectivity index (χ2v) is 6.38. The standard InChI is InChI=1S/C20H21N3O2/c21-15-20(10-2-3-11-20)23-19(24)13-16-6-8-18(9-7-16)25-14-17-5-1-4-12-22-17/h1,4-9,12H,2-3,10-11,13-14H2,(H,23,24). The van der Waals surface area contributed by atoms with E-state index < -0.39 is 5.54 Å². The van der Waals surface area contributed by atoms with E-state index in [4.69, 9.17) is 4.74 Å². The van der Waals surface area contributed by atoms with Crippen molar-refractivity contribution in [2.75, 3.05) is 0 Å². The monoisotopic (exact) mass is 335 g/mol. The number of amides is 1. The molecule has 0 saturated heterocycles. The topological polar surface area (TPSA) is 75.0 Å². The van der Waals surface area contributed by atoms with Crippen molar-refractivity contribution in [3.63, 3.8) is 0 Å². The molecule has 0 spiro atoms. The first-order chi connectivity index (χ1) is 12.2. The minimum absolute atomic E-state index is 0.106. The summed E-state index contributed by atoms with van der Waals surface area (Å²) in [4.78, 5) is 16.4. The van der Waals surface area contributed by atoms with E-state index in [-0.39, 0.29) is 12.3 Å². The molecule has 1 aliphatic carbocycles. The molecule has 5 heteroatoms. The maximum atomic E-state index is 12.2. The summed E-state index contributed by atoms with van der Waals surface area (Å²) in [5.41, 5.74) is 1.10. The minimum Gasteiger partial charge on any atom is -0.487 e. The highest BCUT2D eigenvalue weighted by Gasteiger charge is 2.35. The number of benzene rings is 1. The first-order valence-electron chi connectivity index (χ1n) is 8.53. The Morgan fingerprint density at radius 3 is 2.60 bits per heavy atom. The average molecular weight is 335 g/mol. The Hall–Kier alpha value is -2.87. The van der Waals surface area contributed by atoms with Gasteiger partial charge in [0.25, 0.3) is 0 Å². The van der Waals surface area contributed by atoms with Crippen LogP contribution in [0.1, 0.15) is 36.9 Å². The number of nitriles is 1. The lowest BCUT2D eigenvalue weighted by atomic mass is 9.99. The molecule has 128 valence electrons. The average Bonchev–Trinajstić information content (AvgIpc) is 3.11. The van der Waals surface area contributed by atoms with E-state index >= 15 is 0 Å². The molecular formula is C20H21N3O2. The number of ether oxygens (including phenoxy) is 1. The Labute approximate surface area is 147 Å². The van der Waals surface area contributed by atoms with Gasteiger partial charge in [0, 0.05) is 6.20 Å². The van der Waals surface area contributed by atoms with Gasteiger partial charge in [0.15, 0.2) is 0 Å². The van der Waals surface area contributed by atoms with Crippen LogP contribution in [0.3, 0.4) is 0 Å². The van der Waals surface area contributed by atoms with E-state index in [1.54, 1.807) is 6.20 Å². The lowest BCUT2D eigenvalue weighted by Crippen LogP contribution is -2.45. The van der Waals surface area contributed by atoms with Crippen LogP contribution in [-0.2, 0) is 17.8 Å². The third-order valence-corrected chi connectivity index (χ3v) is 4.45. The van der Waals surface area contributed by atoms with Crippen molar-refractivity contribution < 1.29 is 9.53 Å². The van der Waals surface area contributed by atoms with Crippen LogP contribution >= 0.6 is 0 Å². The molecule has 0 radical (unpaired) electrons. The Kier molecular flexibility index (Phi) is 5.30. The molecule has 3 rings (SSSR count). The fraction of sp³-hybridized carbons (Fsp3) is 0.350. The lowest BCUT2D eigenvalue weighted by Gasteiger charge is -2.22. The van der Waals surface area contributed by atoms with Crippen LogP contribution in [0, 0.1) is 11.3 Å². The van der Waals surface area contributed by atoms with Crippen LogP contribution in [0.25, 0.3) is 0 Å². The van der Waals surface area contributed by atoms with Crippen molar-refractivity contribution in [2.45, 2.75) is 44.2 Å². The summed E-state index contributed by atoms with van der Waals surface area (Å²) >= 11 is 0. The highest BCUT2D eigenvalue weighted by molar-refractivity contribution is 5.79. The highest BCUT2D eigenvalue weighted by atomic mass is 16.5. The molecule has 0 bridgehead atoms. The zero-order chi connectivity index (χ0) is 17.5. The molecule has 1 fully saturated rings. The van der Waals surface area contributed by atoms with Gasteiger partial charge in [-0.3, -0.25) is 9.78 Å². The van der Waals surface area contributed by atoms with Crippen molar-refractivity contribution in [1.82, 2.24) is 10.3 Å². The Morgan fingerprint density at radius 1 is 1.20 bits per heavy atom. The van der Waals surface area contributed by atoms with Crippen molar-refractivity contribution in [1.29, 1.82) is 5.26 Å². The van der Waals surface area contributed by atoms with Crippen molar-refractivity contribution in [3.05, 3.63) is 59.9 Å². The molecular weight excluding hydrogens is 314 g/mol. The summed E-state index contributed by atoms with van der Waals surface area (Å²) in [6, 6.07) is 15.4. The molecule has 1 saturated carbocycles. The van der Waals surface area contributed by atoms with Gasteiger partial charge < -0.3 is 10.1 Å². The van der Waals surface area contributed by atoms with Gasteiger partial charge in [-0.15, -0.1) is 0 Å². The van der Waals surface area contributed by atoms with Crippen LogP contribution in [0.15, 0.2) is 48.7 Å². The first-order valence-corrected chi connectivity index (χ1v) is 8.53. The molecule has 0 atom stereocenters. The SMILES string of the molecule is N#CC1(NC(=O)Cc2ccc(OCc3ccccn3)cc2)CCCC1. The summed E-state index contributed by atoms with van der Waals surface area (Å²) in [5, 5.41) is 12.2. The fourth-order valence-electron chi connectivity index (χ4n) is 3.08. The van der Waals surface area contributed by atoms with E-state index in [1.165, 1.54) is 0 Å². The summed E-state index contributed by atoms with van der Waals surface area (Å²) in [5.74, 6) is 0.629. The van der Waals surface area contributed by atoms with Crippen LogP contribution in [0.5, 0.6) is 5.75 Å². The normalized spacial score (nSPS) is 15.3. The summed E-state index contributed by atoms with van der Waals surface area (Å²) in [6.45, 7) is 0.408. The minimum atomic E-state index is -0.664. The quantitative estimate of drug-likeness (QED) is 0.880. The number of pyridine rings is 1. The fourth-order valence-corrected chi connectivity index (χ4v) is 3.08. The van der Waals surface area contributed by atoms with Crippen molar-refractivity contribution in [3.8, 4) is 11.8 Å². The molecule has 1 heterocycles. The molecule has 2 aromatic rings. The number of rotatable bonds is 6. The summed E-state index contributed by atoms with van der Waals surface area (Å²) in [6.07, 6.45) is 5.49. The predicted molar refractivity (Wildman–Crippen MR) is 93.7 cm³/mol. The molecule has 25 heavy (non-hydrogen) atoms. The van der Waals surface area contributed by atoms with Crippen molar-refractivity contribution >= 4 is 5.91 Å². The summed E-state index contributed by atoms with van der Waals surface area (Å²) in [7, 11) is 0. The van der Waals surface area contributed by atoms with E-state index in [0.717, 1.165) is 42.7 Å². The van der Waals surface area contributed by atoms with E-state index in [1.807, 2.05) is 42.5 Å². The number of aromatic nitrogens is 1. The Morgan fingerprint density at radius 2 is 1.96 bits per heavy atom. The van der Waals surface area contributed by atoms with Gasteiger partial charge in [0.2, 0.25) is 5.91 Å². The number of hydrogen-bond donors (Lipinski definition) is 1. The first kappa shape index (κ1) is 17.0. The van der Waals surface area contributed by atoms with Crippen LogP contribution in [0.2, 0.25) is 0 Å². The smallest absolute Gasteiger partial charge is 0.225 e. The number of carbonyl (C=O) groups excluding carboxylic acids is 1. The molecule has 0 aliphatic heterocycles. The molecule has 1 aromatic heterocycles. The van der Waals surface area contributed by atoms with Gasteiger partial charge in [-0.05, 0) is 55.5 Å². The van der Waals surface area contributed by atoms with Gasteiger partial charge in [-0.1, -0.05) is 18.2 Å². The van der Waals surface area contributed by atoms with Crippen LogP contribution in [-0.4, -0.2) is 16.4 Å². The molecule has 1 N–H and O–H groups in total. The summed E-state index contributed by atoms with van der Waals surface area (Å²) < 4.78 is 5.69. The Bertz CT molecular complexity index is 745. The Balaban J connectivity index is 1.52. The highest BCUT2D eigenvalue weighted by Crippen LogP contribution is 2.29. The number of carbonyl (C=O) groups is 1. The maximum Gasteiger partial charge on any atom is 0.225 e. The van der Waals surface area contributed by atoms with Crippen LogP contribution in [0.4, 0.5) is 0 Å². The van der Waals surface area contributed by atoms with Gasteiger partial charge in [-0.2, -0.15) is 5.26 Å². The molecule has 1 aliphatic rings. The predicted octanol–water partition coefficient (Wildman–Crippen LogP) is 3.16. The largest absolute Gasteiger partial charge is 0.487 e. The van der Waals surface area contributed by atoms with E-state index in [0.29, 0.717) is 6.61 Å². The second kappa shape index (κ2) is 7.80. The zero-order valence-electron chi connectivity index (χ0n) is 14.1. The number of nitrogens with one attached hydrogen (secondary N) is 1. The lowest BCUT2D eigenvalue weighted by molar-refractivity contribution is -0.121. The van der Waals surface area contributed by atoms with Gasteiger partial charge in [0.05, 0.1) is 18.2 Å². The number of nitrogens with zero attached hydrogens (tertiary/aromatic N) is 2. The molecule has 1 amide bonds. The number of hydrogen-bond acceptors (Lipinski definition) is 4. The van der Waals surface area contributed by atoms with Gasteiger partial charge in [0.1, 0.15) is 17.9 Å². The van der Waals surface area contributed by atoms with Crippen LogP contribution < -0.4 is 10.1 Å². The third-order valence-electron chi connectivity index (χ3n) is 4.45. The van der Waals surface area contributed by atoms with Gasteiger partial charge >= 0.3 is 0 Å². The van der Waals surface area contributed by atoms with E-state index in [2.05, 4.69) is 16.4 Å². The second-order valence-electron chi connectivity index (χ2n) is 6.38. The van der Waals surface area contributed by atoms with Gasteiger partial charge in [-0.25, -0.2) is 0 Å². The zero-order valence-corrected chi connectivity index (χ0v) is 14.1. The molecule has 1 aromatic carbocycles. The maximum absolute atomic E-state index is 12.2. The molecule has 0 unspecified atom stereocenters.